The van der Waals surface area contributed by atoms with Crippen LogP contribution < -0.4 is 5.32 Å². The summed E-state index contributed by atoms with van der Waals surface area (Å²) in [6.45, 7) is 4.27. The lowest BCUT2D eigenvalue weighted by Gasteiger charge is -2.23. The largest absolute Gasteiger partial charge is 0.394 e. The maximum atomic E-state index is 12.5. The molecule has 0 rings (SSSR count). The van der Waals surface area contributed by atoms with E-state index < -0.39 is 18.2 Å². The standard InChI is InChI=1S/C47H93NO4/c1-3-5-7-9-11-13-15-17-19-20-21-22-23-24-25-26-27-29-31-33-35-37-39-41-46(51)45(43-49)48-47(52)42-44(50)40-38-36-34-32-30-28-18-16-14-12-10-8-6-4-2/h28,30,44-46,49-51H,3-27,29,31-43H2,1-2H3,(H,48,52)/b30-28-. The normalized spacial score (nSPS) is 13.6. The molecule has 4 N–H and O–H groups in total. The SMILES string of the molecule is CCCCCCCCC/C=C\CCCCCC(O)CC(=O)NC(CO)C(O)CCCCCCCCCCCCCCCCCCCCCCCCC. The van der Waals surface area contributed by atoms with Crippen LogP contribution in [-0.4, -0.2) is 46.1 Å². The molecule has 52 heavy (non-hydrogen) atoms. The lowest BCUT2D eigenvalue weighted by atomic mass is 10.0. The third-order valence-corrected chi connectivity index (χ3v) is 11.1. The van der Waals surface area contributed by atoms with Gasteiger partial charge >= 0.3 is 0 Å². The van der Waals surface area contributed by atoms with Crippen LogP contribution >= 0.6 is 0 Å². The van der Waals surface area contributed by atoms with Gasteiger partial charge < -0.3 is 20.6 Å². The zero-order valence-electron chi connectivity index (χ0n) is 35.2. The maximum absolute atomic E-state index is 12.5. The van der Waals surface area contributed by atoms with Crippen LogP contribution in [0.25, 0.3) is 0 Å². The molecule has 0 aromatic carbocycles. The average Bonchev–Trinajstić information content (AvgIpc) is 3.14. The molecule has 0 bridgehead atoms. The predicted octanol–water partition coefficient (Wildman–Crippen LogP) is 13.6. The first-order chi connectivity index (χ1) is 25.5. The van der Waals surface area contributed by atoms with Crippen molar-refractivity contribution in [2.24, 2.45) is 0 Å². The molecule has 0 saturated heterocycles. The van der Waals surface area contributed by atoms with Gasteiger partial charge in [0.2, 0.25) is 5.91 Å². The molecule has 0 fully saturated rings. The smallest absolute Gasteiger partial charge is 0.222 e. The molecular weight excluding hydrogens is 643 g/mol. The minimum absolute atomic E-state index is 0.0288. The number of rotatable bonds is 43. The van der Waals surface area contributed by atoms with Gasteiger partial charge in [0.15, 0.2) is 0 Å². The zero-order chi connectivity index (χ0) is 38.0. The van der Waals surface area contributed by atoms with Crippen LogP contribution in [0, 0.1) is 0 Å². The highest BCUT2D eigenvalue weighted by Crippen LogP contribution is 2.17. The van der Waals surface area contributed by atoms with E-state index in [-0.39, 0.29) is 18.9 Å². The minimum atomic E-state index is -0.750. The van der Waals surface area contributed by atoms with Crippen molar-refractivity contribution in [2.75, 3.05) is 6.61 Å². The molecule has 3 unspecified atom stereocenters. The van der Waals surface area contributed by atoms with E-state index in [1.54, 1.807) is 0 Å². The molecule has 0 aliphatic heterocycles. The van der Waals surface area contributed by atoms with E-state index in [9.17, 15) is 20.1 Å². The van der Waals surface area contributed by atoms with Crippen molar-refractivity contribution in [1.29, 1.82) is 0 Å². The number of allylic oxidation sites excluding steroid dienone is 2. The topological polar surface area (TPSA) is 89.8 Å². The van der Waals surface area contributed by atoms with Crippen molar-refractivity contribution in [3.05, 3.63) is 12.2 Å². The van der Waals surface area contributed by atoms with Gasteiger partial charge in [-0.15, -0.1) is 0 Å². The first-order valence-electron chi connectivity index (χ1n) is 23.5. The average molecular weight is 736 g/mol. The Bertz CT molecular complexity index is 728. The van der Waals surface area contributed by atoms with Crippen molar-refractivity contribution >= 4 is 5.91 Å². The second-order valence-corrected chi connectivity index (χ2v) is 16.4. The molecule has 0 aromatic rings. The number of aliphatic hydroxyl groups excluding tert-OH is 3. The first-order valence-corrected chi connectivity index (χ1v) is 23.5. The van der Waals surface area contributed by atoms with Crippen LogP contribution in [0.2, 0.25) is 0 Å². The summed E-state index contributed by atoms with van der Waals surface area (Å²) in [5, 5.41) is 33.4. The summed E-state index contributed by atoms with van der Waals surface area (Å²) in [7, 11) is 0. The molecular formula is C47H93NO4. The Labute approximate surface area is 325 Å². The van der Waals surface area contributed by atoms with Crippen molar-refractivity contribution < 1.29 is 20.1 Å². The third kappa shape index (κ3) is 38.8. The Morgan fingerprint density at radius 3 is 1.13 bits per heavy atom. The van der Waals surface area contributed by atoms with Crippen LogP contribution in [0.3, 0.4) is 0 Å². The Morgan fingerprint density at radius 1 is 0.462 bits per heavy atom. The van der Waals surface area contributed by atoms with Crippen molar-refractivity contribution in [3.63, 3.8) is 0 Å². The van der Waals surface area contributed by atoms with Gasteiger partial charge in [0, 0.05) is 0 Å². The van der Waals surface area contributed by atoms with Crippen molar-refractivity contribution in [3.8, 4) is 0 Å². The molecule has 3 atom stereocenters. The van der Waals surface area contributed by atoms with E-state index in [1.165, 1.54) is 186 Å². The number of carbonyl (C=O) groups excluding carboxylic acids is 1. The van der Waals surface area contributed by atoms with E-state index >= 15 is 0 Å². The van der Waals surface area contributed by atoms with Crippen molar-refractivity contribution in [1.82, 2.24) is 5.32 Å². The summed E-state index contributed by atoms with van der Waals surface area (Å²) < 4.78 is 0. The third-order valence-electron chi connectivity index (χ3n) is 11.1. The Morgan fingerprint density at radius 2 is 0.769 bits per heavy atom. The number of amides is 1. The number of hydrogen-bond acceptors (Lipinski definition) is 4. The maximum Gasteiger partial charge on any atom is 0.222 e. The molecule has 0 aliphatic rings. The summed E-state index contributed by atoms with van der Waals surface area (Å²) in [4.78, 5) is 12.5. The number of nitrogens with one attached hydrogen (secondary N) is 1. The molecule has 0 spiro atoms. The fraction of sp³-hybridized carbons (Fsp3) is 0.936. The fourth-order valence-corrected chi connectivity index (χ4v) is 7.46. The highest BCUT2D eigenvalue weighted by molar-refractivity contribution is 5.76. The highest BCUT2D eigenvalue weighted by Gasteiger charge is 2.21. The Balaban J connectivity index is 3.56. The van der Waals surface area contributed by atoms with Crippen LogP contribution in [0.4, 0.5) is 0 Å². The van der Waals surface area contributed by atoms with Gasteiger partial charge in [-0.05, 0) is 38.5 Å². The summed E-state index contributed by atoms with van der Waals surface area (Å²) in [6, 6.07) is -0.660. The van der Waals surface area contributed by atoms with Gasteiger partial charge in [-0.1, -0.05) is 225 Å². The summed E-state index contributed by atoms with van der Waals surface area (Å²) >= 11 is 0. The number of unbranched alkanes of at least 4 members (excludes halogenated alkanes) is 32. The highest BCUT2D eigenvalue weighted by atomic mass is 16.3. The van der Waals surface area contributed by atoms with Gasteiger partial charge in [0.25, 0.3) is 0 Å². The van der Waals surface area contributed by atoms with Gasteiger partial charge in [0.1, 0.15) is 0 Å². The van der Waals surface area contributed by atoms with Gasteiger partial charge in [-0.2, -0.15) is 0 Å². The van der Waals surface area contributed by atoms with Gasteiger partial charge in [-0.3, -0.25) is 4.79 Å². The monoisotopic (exact) mass is 736 g/mol. The Kier molecular flexibility index (Phi) is 42.1. The van der Waals surface area contributed by atoms with E-state index in [1.807, 2.05) is 0 Å². The van der Waals surface area contributed by atoms with Gasteiger partial charge in [-0.25, -0.2) is 0 Å². The molecule has 0 saturated carbocycles. The number of aliphatic hydroxyl groups is 3. The van der Waals surface area contributed by atoms with Crippen LogP contribution in [-0.2, 0) is 4.79 Å². The van der Waals surface area contributed by atoms with Crippen molar-refractivity contribution in [2.45, 2.75) is 276 Å². The second kappa shape index (κ2) is 42.8. The molecule has 0 aromatic heterocycles. The molecule has 0 aliphatic carbocycles. The summed E-state index contributed by atoms with van der Waals surface area (Å²) in [5.41, 5.74) is 0. The Hall–Kier alpha value is -0.910. The second-order valence-electron chi connectivity index (χ2n) is 16.4. The lowest BCUT2D eigenvalue weighted by molar-refractivity contribution is -0.125. The molecule has 5 nitrogen and oxygen atoms in total. The zero-order valence-corrected chi connectivity index (χ0v) is 35.2. The van der Waals surface area contributed by atoms with E-state index in [0.29, 0.717) is 12.8 Å². The quantitative estimate of drug-likeness (QED) is 0.0371. The van der Waals surface area contributed by atoms with E-state index in [4.69, 9.17) is 0 Å². The van der Waals surface area contributed by atoms with E-state index in [0.717, 1.165) is 38.5 Å². The molecule has 0 radical (unpaired) electrons. The number of hydrogen-bond donors (Lipinski definition) is 4. The number of carbonyl (C=O) groups is 1. The van der Waals surface area contributed by atoms with Gasteiger partial charge in [0.05, 0.1) is 31.3 Å². The van der Waals surface area contributed by atoms with E-state index in [2.05, 4.69) is 31.3 Å². The molecule has 5 heteroatoms. The molecule has 0 heterocycles. The van der Waals surface area contributed by atoms with Crippen LogP contribution in [0.5, 0.6) is 0 Å². The fourth-order valence-electron chi connectivity index (χ4n) is 7.46. The minimum Gasteiger partial charge on any atom is -0.394 e. The van der Waals surface area contributed by atoms with Crippen LogP contribution in [0.15, 0.2) is 12.2 Å². The van der Waals surface area contributed by atoms with Crippen LogP contribution in [0.1, 0.15) is 258 Å². The first kappa shape index (κ1) is 51.1. The summed E-state index contributed by atoms with van der Waals surface area (Å²) in [6.07, 6.45) is 50.5. The summed E-state index contributed by atoms with van der Waals surface area (Å²) in [5.74, 6) is -0.289. The molecule has 1 amide bonds. The lowest BCUT2D eigenvalue weighted by Crippen LogP contribution is -2.46. The predicted molar refractivity (Wildman–Crippen MR) is 227 cm³/mol. The molecule has 310 valence electrons.